The summed E-state index contributed by atoms with van der Waals surface area (Å²) in [5.41, 5.74) is 0. The van der Waals surface area contributed by atoms with Crippen molar-refractivity contribution in [3.63, 3.8) is 0 Å². The zero-order valence-corrected chi connectivity index (χ0v) is 9.13. The predicted octanol–water partition coefficient (Wildman–Crippen LogP) is 3.06. The van der Waals surface area contributed by atoms with E-state index in [1.807, 2.05) is 0 Å². The number of rotatable bonds is 1. The molecule has 0 aromatic carbocycles. The van der Waals surface area contributed by atoms with Crippen LogP contribution in [0, 0.1) is 6.92 Å². The van der Waals surface area contributed by atoms with Crippen LogP contribution in [0.25, 0.3) is 0 Å². The van der Waals surface area contributed by atoms with Crippen LogP contribution in [0.2, 0.25) is 0 Å². The van der Waals surface area contributed by atoms with Crippen molar-refractivity contribution >= 4 is 0 Å². The minimum Gasteiger partial charge on any atom is -0.347 e. The van der Waals surface area contributed by atoms with E-state index in [1.54, 1.807) is 0 Å². The van der Waals surface area contributed by atoms with Crippen molar-refractivity contribution in [1.29, 1.82) is 0 Å². The lowest BCUT2D eigenvalue weighted by atomic mass is 9.92. The molecule has 2 aliphatic heterocycles. The molecule has 14 heavy (non-hydrogen) atoms. The first kappa shape index (κ1) is 10.4. The Balaban J connectivity index is 1.99. The van der Waals surface area contributed by atoms with Gasteiger partial charge in [-0.25, -0.2) is 0 Å². The SMILES string of the molecule is [CH2]C1CCCC2(CCCC(CC)O2)O1. The maximum atomic E-state index is 6.07. The third-order valence-electron chi connectivity index (χ3n) is 3.39. The molecule has 2 fully saturated rings. The minimum atomic E-state index is -0.260. The first-order chi connectivity index (χ1) is 6.74. The summed E-state index contributed by atoms with van der Waals surface area (Å²) in [5, 5.41) is 0. The molecular formula is C12H21O2. The van der Waals surface area contributed by atoms with E-state index in [9.17, 15) is 0 Å². The molecule has 2 rings (SSSR count). The first-order valence-electron chi connectivity index (χ1n) is 5.93. The van der Waals surface area contributed by atoms with E-state index in [4.69, 9.17) is 9.47 Å². The van der Waals surface area contributed by atoms with Gasteiger partial charge in [-0.2, -0.15) is 0 Å². The molecular weight excluding hydrogens is 176 g/mol. The highest BCUT2D eigenvalue weighted by Crippen LogP contribution is 2.39. The van der Waals surface area contributed by atoms with Gasteiger partial charge in [-0.1, -0.05) is 6.92 Å². The monoisotopic (exact) mass is 197 g/mol. The van der Waals surface area contributed by atoms with Crippen molar-refractivity contribution in [2.75, 3.05) is 0 Å². The Hall–Kier alpha value is -0.0800. The van der Waals surface area contributed by atoms with Gasteiger partial charge >= 0.3 is 0 Å². The minimum absolute atomic E-state index is 0.138. The molecule has 3 unspecified atom stereocenters. The van der Waals surface area contributed by atoms with Crippen molar-refractivity contribution in [3.05, 3.63) is 6.92 Å². The molecule has 0 aliphatic carbocycles. The van der Waals surface area contributed by atoms with Crippen LogP contribution in [0.5, 0.6) is 0 Å². The molecule has 0 aromatic heterocycles. The fraction of sp³-hybridized carbons (Fsp3) is 0.917. The summed E-state index contributed by atoms with van der Waals surface area (Å²) < 4.78 is 12.0. The van der Waals surface area contributed by atoms with Crippen LogP contribution in [0.1, 0.15) is 51.9 Å². The Morgan fingerprint density at radius 2 is 1.93 bits per heavy atom. The molecule has 1 spiro atoms. The van der Waals surface area contributed by atoms with E-state index in [2.05, 4.69) is 13.8 Å². The second-order valence-electron chi connectivity index (χ2n) is 4.58. The lowest BCUT2D eigenvalue weighted by molar-refractivity contribution is -0.308. The Bertz CT molecular complexity index is 189. The molecule has 1 radical (unpaired) electrons. The smallest absolute Gasteiger partial charge is 0.169 e. The molecule has 2 heterocycles. The molecule has 2 nitrogen and oxygen atoms in total. The van der Waals surface area contributed by atoms with Gasteiger partial charge in [-0.05, 0) is 39.0 Å². The highest BCUT2D eigenvalue weighted by atomic mass is 16.7. The van der Waals surface area contributed by atoms with Gasteiger partial charge in [0.1, 0.15) is 0 Å². The topological polar surface area (TPSA) is 18.5 Å². The Kier molecular flexibility index (Phi) is 3.13. The van der Waals surface area contributed by atoms with E-state index >= 15 is 0 Å². The predicted molar refractivity (Wildman–Crippen MR) is 55.8 cm³/mol. The van der Waals surface area contributed by atoms with E-state index in [0.717, 1.165) is 25.7 Å². The van der Waals surface area contributed by atoms with Crippen LogP contribution in [0.15, 0.2) is 0 Å². The fourth-order valence-corrected chi connectivity index (χ4v) is 2.60. The van der Waals surface area contributed by atoms with Gasteiger partial charge in [-0.3, -0.25) is 0 Å². The number of hydrogen-bond acceptors (Lipinski definition) is 2. The number of hydrogen-bond donors (Lipinski definition) is 0. The molecule has 0 N–H and O–H groups in total. The van der Waals surface area contributed by atoms with E-state index in [0.29, 0.717) is 6.10 Å². The molecule has 0 saturated carbocycles. The normalized spacial score (nSPS) is 44.1. The molecule has 2 saturated heterocycles. The lowest BCUT2D eigenvalue weighted by Gasteiger charge is -2.45. The van der Waals surface area contributed by atoms with Crippen LogP contribution in [0.3, 0.4) is 0 Å². The van der Waals surface area contributed by atoms with Crippen LogP contribution >= 0.6 is 0 Å². The third kappa shape index (κ3) is 2.12. The average molecular weight is 197 g/mol. The van der Waals surface area contributed by atoms with Gasteiger partial charge in [0.15, 0.2) is 5.79 Å². The maximum absolute atomic E-state index is 6.07. The van der Waals surface area contributed by atoms with Gasteiger partial charge in [-0.15, -0.1) is 0 Å². The van der Waals surface area contributed by atoms with E-state index in [1.165, 1.54) is 19.3 Å². The molecule has 2 aliphatic rings. The molecule has 3 atom stereocenters. The first-order valence-corrected chi connectivity index (χ1v) is 5.93. The van der Waals surface area contributed by atoms with E-state index < -0.39 is 0 Å². The zero-order chi connectivity index (χ0) is 10.0. The summed E-state index contributed by atoms with van der Waals surface area (Å²) in [6, 6.07) is 0. The highest BCUT2D eigenvalue weighted by molar-refractivity contribution is 4.84. The van der Waals surface area contributed by atoms with Crippen LogP contribution in [-0.4, -0.2) is 18.0 Å². The summed E-state index contributed by atoms with van der Waals surface area (Å²) in [7, 11) is 0. The molecule has 0 amide bonds. The third-order valence-corrected chi connectivity index (χ3v) is 3.39. The average Bonchev–Trinajstić information content (AvgIpc) is 2.17. The van der Waals surface area contributed by atoms with E-state index in [-0.39, 0.29) is 11.9 Å². The second-order valence-corrected chi connectivity index (χ2v) is 4.58. The number of ether oxygens (including phenoxy) is 2. The summed E-state index contributed by atoms with van der Waals surface area (Å²) in [5.74, 6) is -0.260. The summed E-state index contributed by atoms with van der Waals surface area (Å²) in [6.45, 7) is 6.18. The van der Waals surface area contributed by atoms with Gasteiger partial charge in [0.25, 0.3) is 0 Å². The van der Waals surface area contributed by atoms with Crippen LogP contribution < -0.4 is 0 Å². The van der Waals surface area contributed by atoms with Gasteiger partial charge in [0.05, 0.1) is 12.2 Å². The molecule has 0 bridgehead atoms. The Morgan fingerprint density at radius 1 is 1.21 bits per heavy atom. The highest BCUT2D eigenvalue weighted by Gasteiger charge is 2.40. The second kappa shape index (κ2) is 4.19. The van der Waals surface area contributed by atoms with Gasteiger partial charge < -0.3 is 9.47 Å². The van der Waals surface area contributed by atoms with Crippen molar-refractivity contribution in [3.8, 4) is 0 Å². The van der Waals surface area contributed by atoms with Crippen molar-refractivity contribution in [2.24, 2.45) is 0 Å². The standard InChI is InChI=1S/C12H21O2/c1-3-11-7-5-9-12(14-11)8-4-6-10(2)13-12/h10-11H,2-9H2,1H3. The summed E-state index contributed by atoms with van der Waals surface area (Å²) in [4.78, 5) is 0. The molecule has 0 aromatic rings. The zero-order valence-electron chi connectivity index (χ0n) is 9.13. The van der Waals surface area contributed by atoms with Crippen LogP contribution in [-0.2, 0) is 9.47 Å². The van der Waals surface area contributed by atoms with Crippen molar-refractivity contribution < 1.29 is 9.47 Å². The Morgan fingerprint density at radius 3 is 2.57 bits per heavy atom. The fourth-order valence-electron chi connectivity index (χ4n) is 2.60. The van der Waals surface area contributed by atoms with Crippen LogP contribution in [0.4, 0.5) is 0 Å². The van der Waals surface area contributed by atoms with Gasteiger partial charge in [0.2, 0.25) is 0 Å². The van der Waals surface area contributed by atoms with Gasteiger partial charge in [0, 0.05) is 12.8 Å². The maximum Gasteiger partial charge on any atom is 0.169 e. The lowest BCUT2D eigenvalue weighted by Crippen LogP contribution is -2.47. The largest absolute Gasteiger partial charge is 0.347 e. The summed E-state index contributed by atoms with van der Waals surface area (Å²) in [6.07, 6.45) is 8.51. The summed E-state index contributed by atoms with van der Waals surface area (Å²) >= 11 is 0. The quantitative estimate of drug-likeness (QED) is 0.643. The van der Waals surface area contributed by atoms with Crippen molar-refractivity contribution in [2.45, 2.75) is 69.9 Å². The van der Waals surface area contributed by atoms with Crippen molar-refractivity contribution in [1.82, 2.24) is 0 Å². The molecule has 81 valence electrons. The molecule has 2 heteroatoms. The Labute approximate surface area is 87.0 Å².